The maximum absolute atomic E-state index is 13.3. The van der Waals surface area contributed by atoms with Gasteiger partial charge in [-0.05, 0) is 37.1 Å². The third kappa shape index (κ3) is 6.08. The van der Waals surface area contributed by atoms with E-state index >= 15 is 0 Å². The fraction of sp³-hybridized carbons (Fsp3) is 0.370. The minimum atomic E-state index is -5.02. The van der Waals surface area contributed by atoms with Gasteiger partial charge >= 0.3 is 12.4 Å². The Morgan fingerprint density at radius 1 is 0.868 bits per heavy atom. The van der Waals surface area contributed by atoms with Crippen molar-refractivity contribution >= 4 is 11.7 Å². The van der Waals surface area contributed by atoms with Crippen molar-refractivity contribution in [1.82, 2.24) is 14.9 Å². The van der Waals surface area contributed by atoms with E-state index in [1.165, 1.54) is 4.90 Å². The van der Waals surface area contributed by atoms with Gasteiger partial charge in [0.15, 0.2) is 0 Å². The van der Waals surface area contributed by atoms with Gasteiger partial charge in [0.2, 0.25) is 0 Å². The Balaban J connectivity index is 1.58. The molecule has 1 aromatic heterocycles. The average molecular weight is 537 g/mol. The van der Waals surface area contributed by atoms with E-state index in [2.05, 4.69) is 9.97 Å². The summed E-state index contributed by atoms with van der Waals surface area (Å²) >= 11 is 0. The molecule has 2 heterocycles. The zero-order valence-electron chi connectivity index (χ0n) is 20.8. The fourth-order valence-corrected chi connectivity index (χ4v) is 4.55. The number of benzene rings is 2. The second-order valence-electron chi connectivity index (χ2n) is 9.11. The molecule has 0 N–H and O–H groups in total. The molecule has 5 nitrogen and oxygen atoms in total. The van der Waals surface area contributed by atoms with Crippen LogP contribution < -0.4 is 4.90 Å². The summed E-state index contributed by atoms with van der Waals surface area (Å²) in [6.07, 6.45) is -8.75. The van der Waals surface area contributed by atoms with Gasteiger partial charge in [0.25, 0.3) is 5.91 Å². The highest BCUT2D eigenvalue weighted by atomic mass is 19.4. The summed E-state index contributed by atoms with van der Waals surface area (Å²) in [5.74, 6) is 0.443. The topological polar surface area (TPSA) is 49.3 Å². The SMILES string of the molecule is CCc1nc(C)nc(N2CCN(C(=O)c3cc(C(F)(F)F)cc(C(F)(F)F)c3)CC2)c1Cc1ccccc1. The second-order valence-corrected chi connectivity index (χ2v) is 9.11. The highest BCUT2D eigenvalue weighted by Crippen LogP contribution is 2.36. The minimum absolute atomic E-state index is 0.0196. The van der Waals surface area contributed by atoms with Crippen molar-refractivity contribution in [2.24, 2.45) is 0 Å². The third-order valence-electron chi connectivity index (χ3n) is 6.44. The van der Waals surface area contributed by atoms with Gasteiger partial charge in [0, 0.05) is 49.4 Å². The molecule has 0 radical (unpaired) electrons. The van der Waals surface area contributed by atoms with Gasteiger partial charge in [-0.2, -0.15) is 26.3 Å². The Morgan fingerprint density at radius 3 is 1.97 bits per heavy atom. The molecule has 0 spiro atoms. The number of piperazine rings is 1. The summed E-state index contributed by atoms with van der Waals surface area (Å²) in [7, 11) is 0. The van der Waals surface area contributed by atoms with Crippen molar-refractivity contribution in [1.29, 1.82) is 0 Å². The van der Waals surface area contributed by atoms with E-state index in [0.717, 1.165) is 22.6 Å². The maximum Gasteiger partial charge on any atom is 0.416 e. The first-order valence-electron chi connectivity index (χ1n) is 12.1. The van der Waals surface area contributed by atoms with Crippen molar-refractivity contribution < 1.29 is 31.1 Å². The average Bonchev–Trinajstić information content (AvgIpc) is 2.88. The van der Waals surface area contributed by atoms with Gasteiger partial charge in [-0.15, -0.1) is 0 Å². The number of amides is 1. The van der Waals surface area contributed by atoms with Crippen LogP contribution in [-0.2, 0) is 25.2 Å². The molecule has 0 saturated carbocycles. The lowest BCUT2D eigenvalue weighted by atomic mass is 10.0. The zero-order chi connectivity index (χ0) is 27.7. The van der Waals surface area contributed by atoms with Crippen molar-refractivity contribution in [3.8, 4) is 0 Å². The summed E-state index contributed by atoms with van der Waals surface area (Å²) < 4.78 is 79.5. The van der Waals surface area contributed by atoms with E-state index in [1.807, 2.05) is 42.2 Å². The number of carbonyl (C=O) groups is 1. The molecular weight excluding hydrogens is 510 g/mol. The first-order chi connectivity index (χ1) is 17.9. The highest BCUT2D eigenvalue weighted by molar-refractivity contribution is 5.95. The highest BCUT2D eigenvalue weighted by Gasteiger charge is 2.38. The second kappa shape index (κ2) is 10.6. The third-order valence-corrected chi connectivity index (χ3v) is 6.44. The molecule has 4 rings (SSSR count). The summed E-state index contributed by atoms with van der Waals surface area (Å²) in [4.78, 5) is 25.5. The lowest BCUT2D eigenvalue weighted by Crippen LogP contribution is -2.49. The van der Waals surface area contributed by atoms with E-state index in [0.29, 0.717) is 43.9 Å². The number of hydrogen-bond acceptors (Lipinski definition) is 4. The van der Waals surface area contributed by atoms with Gasteiger partial charge in [-0.3, -0.25) is 4.79 Å². The molecule has 1 aliphatic rings. The maximum atomic E-state index is 13.3. The van der Waals surface area contributed by atoms with Crippen molar-refractivity contribution in [2.75, 3.05) is 31.1 Å². The standard InChI is InChI=1S/C27H26F6N4O/c1-3-23-22(13-18-7-5-4-6-8-18)24(35-17(2)34-23)36-9-11-37(12-10-36)25(38)19-14-20(26(28,29)30)16-21(15-19)27(31,32)33/h4-8,14-16H,3,9-13H2,1-2H3. The number of aryl methyl sites for hydroxylation is 2. The molecule has 0 atom stereocenters. The van der Waals surface area contributed by atoms with E-state index in [-0.39, 0.29) is 19.2 Å². The summed E-state index contributed by atoms with van der Waals surface area (Å²) in [5.41, 5.74) is -0.728. The van der Waals surface area contributed by atoms with E-state index in [1.54, 1.807) is 6.92 Å². The van der Waals surface area contributed by atoms with Crippen LogP contribution in [0.5, 0.6) is 0 Å². The molecule has 0 aliphatic carbocycles. The molecule has 38 heavy (non-hydrogen) atoms. The van der Waals surface area contributed by atoms with Crippen molar-refractivity contribution in [3.05, 3.63) is 87.9 Å². The van der Waals surface area contributed by atoms with Crippen LogP contribution in [0.3, 0.4) is 0 Å². The molecule has 1 fully saturated rings. The lowest BCUT2D eigenvalue weighted by Gasteiger charge is -2.36. The van der Waals surface area contributed by atoms with Gasteiger partial charge in [0.1, 0.15) is 11.6 Å². The molecule has 1 amide bonds. The Kier molecular flexibility index (Phi) is 7.66. The van der Waals surface area contributed by atoms with Crippen LogP contribution in [0.1, 0.15) is 51.1 Å². The van der Waals surface area contributed by atoms with Crippen LogP contribution in [0.25, 0.3) is 0 Å². The quantitative estimate of drug-likeness (QED) is 0.379. The molecule has 202 valence electrons. The van der Waals surface area contributed by atoms with Crippen LogP contribution in [0, 0.1) is 6.92 Å². The molecule has 3 aromatic rings. The Hall–Kier alpha value is -3.63. The van der Waals surface area contributed by atoms with Crippen LogP contribution >= 0.6 is 0 Å². The van der Waals surface area contributed by atoms with E-state index in [9.17, 15) is 31.1 Å². The zero-order valence-corrected chi connectivity index (χ0v) is 20.8. The molecular formula is C27H26F6N4O. The van der Waals surface area contributed by atoms with Crippen LogP contribution in [0.2, 0.25) is 0 Å². The van der Waals surface area contributed by atoms with Gasteiger partial charge < -0.3 is 9.80 Å². The van der Waals surface area contributed by atoms with E-state index < -0.39 is 35.0 Å². The smallest absolute Gasteiger partial charge is 0.353 e. The van der Waals surface area contributed by atoms with Crippen LogP contribution in [-0.4, -0.2) is 47.0 Å². The first-order valence-corrected chi connectivity index (χ1v) is 12.1. The molecule has 1 aliphatic heterocycles. The Bertz CT molecular complexity index is 1270. The van der Waals surface area contributed by atoms with E-state index in [4.69, 9.17) is 0 Å². The van der Waals surface area contributed by atoms with Gasteiger partial charge in [0.05, 0.1) is 11.1 Å². The monoisotopic (exact) mass is 536 g/mol. The number of nitrogens with zero attached hydrogens (tertiary/aromatic N) is 4. The molecule has 11 heteroatoms. The number of alkyl halides is 6. The number of carbonyl (C=O) groups excluding carboxylic acids is 1. The predicted octanol–water partition coefficient (Wildman–Crippen LogP) is 5.94. The number of anilines is 1. The summed E-state index contributed by atoms with van der Waals surface area (Å²) in [5, 5.41) is 0. The van der Waals surface area contributed by atoms with Crippen molar-refractivity contribution in [2.45, 2.75) is 39.0 Å². The minimum Gasteiger partial charge on any atom is -0.353 e. The molecule has 2 aromatic carbocycles. The molecule has 1 saturated heterocycles. The van der Waals surface area contributed by atoms with Gasteiger partial charge in [-0.1, -0.05) is 37.3 Å². The number of hydrogen-bond donors (Lipinski definition) is 0. The number of rotatable bonds is 5. The fourth-order valence-electron chi connectivity index (χ4n) is 4.55. The van der Waals surface area contributed by atoms with Crippen LogP contribution in [0.15, 0.2) is 48.5 Å². The number of aromatic nitrogens is 2. The normalized spacial score (nSPS) is 14.6. The van der Waals surface area contributed by atoms with Gasteiger partial charge in [-0.25, -0.2) is 9.97 Å². The van der Waals surface area contributed by atoms with Crippen molar-refractivity contribution in [3.63, 3.8) is 0 Å². The van der Waals surface area contributed by atoms with Crippen LogP contribution in [0.4, 0.5) is 32.2 Å². The largest absolute Gasteiger partial charge is 0.416 e. The predicted molar refractivity (Wildman–Crippen MR) is 130 cm³/mol. The Morgan fingerprint density at radius 2 is 1.45 bits per heavy atom. The summed E-state index contributed by atoms with van der Waals surface area (Å²) in [6, 6.07) is 10.8. The Labute approximate surface area is 216 Å². The molecule has 0 unspecified atom stereocenters. The number of halogens is 6. The summed E-state index contributed by atoms with van der Waals surface area (Å²) in [6.45, 7) is 4.66. The first kappa shape index (κ1) is 27.4. The lowest BCUT2D eigenvalue weighted by molar-refractivity contribution is -0.143. The molecule has 0 bridgehead atoms.